The van der Waals surface area contributed by atoms with Crippen molar-refractivity contribution in [3.05, 3.63) is 0 Å². The molecule has 0 heterocycles. The number of aliphatic hydroxyl groups excluding tert-OH is 1. The van der Waals surface area contributed by atoms with E-state index in [1.165, 1.54) is 25.7 Å². The lowest BCUT2D eigenvalue weighted by atomic mass is 9.71. The summed E-state index contributed by atoms with van der Waals surface area (Å²) in [6.45, 7) is 11.7. The predicted octanol–water partition coefficient (Wildman–Crippen LogP) is 3.15. The van der Waals surface area contributed by atoms with Crippen molar-refractivity contribution in [2.24, 2.45) is 16.7 Å². The van der Waals surface area contributed by atoms with E-state index in [1.54, 1.807) is 0 Å². The maximum Gasteiger partial charge on any atom is 0.0499 e. The van der Waals surface area contributed by atoms with Crippen molar-refractivity contribution >= 4 is 0 Å². The molecule has 0 unspecified atom stereocenters. The van der Waals surface area contributed by atoms with Crippen molar-refractivity contribution in [3.8, 4) is 0 Å². The molecule has 2 nitrogen and oxygen atoms in total. The summed E-state index contributed by atoms with van der Waals surface area (Å²) < 4.78 is 0. The summed E-state index contributed by atoms with van der Waals surface area (Å²) in [4.78, 5) is 2.41. The second kappa shape index (κ2) is 5.71. The molecule has 0 radical (unpaired) electrons. The quantitative estimate of drug-likeness (QED) is 0.817. The molecule has 0 spiro atoms. The van der Waals surface area contributed by atoms with Gasteiger partial charge in [0.2, 0.25) is 0 Å². The number of hydrogen-bond donors (Lipinski definition) is 1. The Bertz CT molecular complexity index is 224. The first-order valence-corrected chi connectivity index (χ1v) is 7.06. The Kier molecular flexibility index (Phi) is 5.03. The van der Waals surface area contributed by atoms with Crippen LogP contribution in [0.4, 0.5) is 0 Å². The molecule has 2 heteroatoms. The largest absolute Gasteiger partial charge is 0.396 e. The molecule has 0 aromatic heterocycles. The molecule has 17 heavy (non-hydrogen) atoms. The summed E-state index contributed by atoms with van der Waals surface area (Å²) in [5.74, 6) is 0.850. The Labute approximate surface area is 107 Å². The summed E-state index contributed by atoms with van der Waals surface area (Å²) >= 11 is 0. The third kappa shape index (κ3) is 4.97. The van der Waals surface area contributed by atoms with Gasteiger partial charge in [-0.05, 0) is 31.2 Å². The summed E-state index contributed by atoms with van der Waals surface area (Å²) in [5, 5.41) is 9.75. The molecular weight excluding hydrogens is 210 g/mol. The minimum atomic E-state index is 0.173. The van der Waals surface area contributed by atoms with Crippen LogP contribution in [0.3, 0.4) is 0 Å². The van der Waals surface area contributed by atoms with Crippen molar-refractivity contribution < 1.29 is 5.11 Å². The molecule has 0 amide bonds. The fourth-order valence-corrected chi connectivity index (χ4v) is 3.18. The summed E-state index contributed by atoms with van der Waals surface area (Å²) in [6, 6.07) is 0. The van der Waals surface area contributed by atoms with Gasteiger partial charge in [-0.1, -0.05) is 40.5 Å². The van der Waals surface area contributed by atoms with E-state index in [2.05, 4.69) is 39.6 Å². The third-order valence-electron chi connectivity index (χ3n) is 4.02. The van der Waals surface area contributed by atoms with Gasteiger partial charge in [0.15, 0.2) is 0 Å². The molecular formula is C15H31NO. The van der Waals surface area contributed by atoms with Crippen LogP contribution in [0.2, 0.25) is 0 Å². The van der Waals surface area contributed by atoms with Crippen LogP contribution in [0.15, 0.2) is 0 Å². The maximum atomic E-state index is 9.75. The van der Waals surface area contributed by atoms with Crippen molar-refractivity contribution in [1.82, 2.24) is 4.90 Å². The smallest absolute Gasteiger partial charge is 0.0499 e. The molecule has 1 N–H and O–H groups in total. The van der Waals surface area contributed by atoms with Gasteiger partial charge in [0, 0.05) is 25.1 Å². The van der Waals surface area contributed by atoms with E-state index in [-0.39, 0.29) is 5.41 Å². The normalized spacial score (nSPS) is 30.9. The lowest BCUT2D eigenvalue weighted by molar-refractivity contribution is 0.0287. The fourth-order valence-electron chi connectivity index (χ4n) is 3.18. The van der Waals surface area contributed by atoms with E-state index in [4.69, 9.17) is 0 Å². The molecule has 1 fully saturated rings. The van der Waals surface area contributed by atoms with Crippen LogP contribution in [0, 0.1) is 16.7 Å². The molecule has 1 aliphatic rings. The minimum Gasteiger partial charge on any atom is -0.396 e. The van der Waals surface area contributed by atoms with E-state index in [9.17, 15) is 5.11 Å². The number of aliphatic hydroxyl groups is 1. The summed E-state index contributed by atoms with van der Waals surface area (Å²) in [6.07, 6.45) is 4.95. The van der Waals surface area contributed by atoms with Crippen LogP contribution in [0.5, 0.6) is 0 Å². The van der Waals surface area contributed by atoms with Gasteiger partial charge in [0.05, 0.1) is 0 Å². The predicted molar refractivity (Wildman–Crippen MR) is 74.1 cm³/mol. The summed E-state index contributed by atoms with van der Waals surface area (Å²) in [5.41, 5.74) is 0.514. The van der Waals surface area contributed by atoms with Gasteiger partial charge < -0.3 is 10.0 Å². The van der Waals surface area contributed by atoms with Crippen LogP contribution in [-0.2, 0) is 0 Å². The van der Waals surface area contributed by atoms with E-state index in [1.807, 2.05) is 0 Å². The monoisotopic (exact) mass is 241 g/mol. The second-order valence-electron chi connectivity index (χ2n) is 7.57. The molecule has 1 aliphatic carbocycles. The molecule has 0 aromatic rings. The first-order chi connectivity index (χ1) is 7.76. The van der Waals surface area contributed by atoms with E-state index in [0.717, 1.165) is 19.0 Å². The molecule has 1 saturated carbocycles. The zero-order chi connectivity index (χ0) is 13.1. The number of nitrogens with zero attached hydrogens (tertiary/aromatic N) is 1. The van der Waals surface area contributed by atoms with Gasteiger partial charge in [-0.25, -0.2) is 0 Å². The first kappa shape index (κ1) is 15.0. The zero-order valence-corrected chi connectivity index (χ0v) is 12.4. The fraction of sp³-hybridized carbons (Fsp3) is 1.00. The van der Waals surface area contributed by atoms with Crippen molar-refractivity contribution in [1.29, 1.82) is 0 Å². The average molecular weight is 241 g/mol. The Hall–Kier alpha value is -0.0800. The average Bonchev–Trinajstić information content (AvgIpc) is 2.19. The zero-order valence-electron chi connectivity index (χ0n) is 12.4. The van der Waals surface area contributed by atoms with E-state index >= 15 is 0 Å². The highest BCUT2D eigenvalue weighted by Crippen LogP contribution is 2.39. The molecule has 0 bridgehead atoms. The standard InChI is InChI=1S/C15H31NO/c1-13-6-8-15(12-17,9-7-13)11-16(5)10-14(2,3)4/h13,17H,6-12H2,1-5H3. The number of rotatable bonds is 4. The van der Waals surface area contributed by atoms with E-state index < -0.39 is 0 Å². The van der Waals surface area contributed by atoms with Gasteiger partial charge in [0.25, 0.3) is 0 Å². The lowest BCUT2D eigenvalue weighted by Gasteiger charge is -2.41. The van der Waals surface area contributed by atoms with Crippen LogP contribution in [-0.4, -0.2) is 36.8 Å². The highest BCUT2D eigenvalue weighted by Gasteiger charge is 2.35. The lowest BCUT2D eigenvalue weighted by Crippen LogP contribution is -2.43. The van der Waals surface area contributed by atoms with Gasteiger partial charge in [-0.2, -0.15) is 0 Å². The second-order valence-corrected chi connectivity index (χ2v) is 7.57. The van der Waals surface area contributed by atoms with Gasteiger partial charge >= 0.3 is 0 Å². The summed E-state index contributed by atoms with van der Waals surface area (Å²) in [7, 11) is 2.20. The molecule has 0 saturated heterocycles. The van der Waals surface area contributed by atoms with Crippen LogP contribution < -0.4 is 0 Å². The molecule has 1 rings (SSSR count). The topological polar surface area (TPSA) is 23.5 Å². The highest BCUT2D eigenvalue weighted by atomic mass is 16.3. The molecule has 0 aromatic carbocycles. The van der Waals surface area contributed by atoms with Crippen molar-refractivity contribution in [2.75, 3.05) is 26.7 Å². The van der Waals surface area contributed by atoms with Crippen molar-refractivity contribution in [2.45, 2.75) is 53.4 Å². The first-order valence-electron chi connectivity index (χ1n) is 7.06. The highest BCUT2D eigenvalue weighted by molar-refractivity contribution is 4.87. The third-order valence-corrected chi connectivity index (χ3v) is 4.02. The van der Waals surface area contributed by atoms with Gasteiger partial charge in [0.1, 0.15) is 0 Å². The van der Waals surface area contributed by atoms with Gasteiger partial charge in [-0.15, -0.1) is 0 Å². The van der Waals surface area contributed by atoms with Crippen LogP contribution in [0.25, 0.3) is 0 Å². The number of hydrogen-bond acceptors (Lipinski definition) is 2. The minimum absolute atomic E-state index is 0.173. The van der Waals surface area contributed by atoms with Crippen LogP contribution in [0.1, 0.15) is 53.4 Å². The Morgan fingerprint density at radius 2 is 1.76 bits per heavy atom. The molecule has 102 valence electrons. The van der Waals surface area contributed by atoms with Crippen LogP contribution >= 0.6 is 0 Å². The SMILES string of the molecule is CC1CCC(CO)(CN(C)CC(C)(C)C)CC1. The van der Waals surface area contributed by atoms with E-state index in [0.29, 0.717) is 12.0 Å². The molecule has 0 aliphatic heterocycles. The Balaban J connectivity index is 2.51. The maximum absolute atomic E-state index is 9.75. The van der Waals surface area contributed by atoms with Crippen molar-refractivity contribution in [3.63, 3.8) is 0 Å². The van der Waals surface area contributed by atoms with Gasteiger partial charge in [-0.3, -0.25) is 0 Å². The molecule has 0 atom stereocenters. The Morgan fingerprint density at radius 1 is 1.24 bits per heavy atom. The Morgan fingerprint density at radius 3 is 2.18 bits per heavy atom.